The van der Waals surface area contributed by atoms with Gasteiger partial charge in [0.2, 0.25) is 5.91 Å². The van der Waals surface area contributed by atoms with E-state index in [4.69, 9.17) is 0 Å². The normalized spacial score (nSPS) is 14.0. The van der Waals surface area contributed by atoms with E-state index in [1.54, 1.807) is 24.4 Å². The van der Waals surface area contributed by atoms with Gasteiger partial charge in [0.05, 0.1) is 29.1 Å². The number of halogens is 4. The maximum absolute atomic E-state index is 13.6. The minimum atomic E-state index is -4.82. The van der Waals surface area contributed by atoms with E-state index in [9.17, 15) is 31.9 Å². The van der Waals surface area contributed by atoms with Crippen LogP contribution in [0.2, 0.25) is 0 Å². The van der Waals surface area contributed by atoms with E-state index in [1.807, 2.05) is 0 Å². The summed E-state index contributed by atoms with van der Waals surface area (Å²) in [7, 11) is 0. The van der Waals surface area contributed by atoms with E-state index in [0.29, 0.717) is 29.6 Å². The molecule has 1 aliphatic rings. The van der Waals surface area contributed by atoms with Gasteiger partial charge in [-0.15, -0.1) is 0 Å². The lowest BCUT2D eigenvalue weighted by Gasteiger charge is -2.35. The summed E-state index contributed by atoms with van der Waals surface area (Å²) in [5.74, 6) is -2.94. The molecule has 0 atom stereocenters. The highest BCUT2D eigenvalue weighted by atomic mass is 19.4. The molecule has 2 aromatic heterocycles. The van der Waals surface area contributed by atoms with E-state index in [2.05, 4.69) is 20.5 Å². The van der Waals surface area contributed by atoms with Gasteiger partial charge in [-0.3, -0.25) is 24.5 Å². The van der Waals surface area contributed by atoms with Gasteiger partial charge in [-0.05, 0) is 36.4 Å². The number of hydrogen-bond donors (Lipinski definition) is 2. The van der Waals surface area contributed by atoms with Gasteiger partial charge in [-0.25, -0.2) is 4.39 Å². The van der Waals surface area contributed by atoms with Gasteiger partial charge >= 0.3 is 6.18 Å². The maximum Gasteiger partial charge on any atom is 0.417 e. The Morgan fingerprint density at radius 1 is 1.00 bits per heavy atom. The number of rotatable bonds is 5. The molecule has 0 radical (unpaired) electrons. The van der Waals surface area contributed by atoms with Crippen LogP contribution in [0.3, 0.4) is 0 Å². The summed E-state index contributed by atoms with van der Waals surface area (Å²) in [4.78, 5) is 44.2. The number of carbonyl (C=O) groups excluding carboxylic acids is 3. The number of H-pyrrole nitrogens is 1. The molecule has 0 spiro atoms. The number of alkyl halides is 3. The van der Waals surface area contributed by atoms with Crippen LogP contribution in [0.1, 0.15) is 26.4 Å². The average Bonchev–Trinajstić information content (AvgIpc) is 3.37. The van der Waals surface area contributed by atoms with Crippen LogP contribution < -0.4 is 5.32 Å². The van der Waals surface area contributed by atoms with E-state index >= 15 is 0 Å². The third-order valence-corrected chi connectivity index (χ3v) is 5.59. The highest BCUT2D eigenvalue weighted by Gasteiger charge is 2.37. The lowest BCUT2D eigenvalue weighted by atomic mass is 10.0. The van der Waals surface area contributed by atoms with Crippen molar-refractivity contribution < 1.29 is 31.9 Å². The summed E-state index contributed by atoms with van der Waals surface area (Å²) in [6.45, 7) is -0.328. The monoisotopic (exact) mass is 504 g/mol. The fraction of sp³-hybridized carbons (Fsp3) is 0.261. The van der Waals surface area contributed by atoms with Crippen LogP contribution in [-0.4, -0.2) is 75.4 Å². The number of nitrogens with zero attached hydrogens (tertiary/aromatic N) is 4. The van der Waals surface area contributed by atoms with Gasteiger partial charge in [0, 0.05) is 32.4 Å². The van der Waals surface area contributed by atoms with Gasteiger partial charge in [-0.1, -0.05) is 6.07 Å². The fourth-order valence-electron chi connectivity index (χ4n) is 3.72. The minimum Gasteiger partial charge on any atom is -0.342 e. The smallest absolute Gasteiger partial charge is 0.342 e. The van der Waals surface area contributed by atoms with Crippen LogP contribution in [0, 0.1) is 5.82 Å². The lowest BCUT2D eigenvalue weighted by Crippen LogP contribution is -2.52. The molecule has 0 bridgehead atoms. The highest BCUT2D eigenvalue weighted by Crippen LogP contribution is 2.33. The van der Waals surface area contributed by atoms with Crippen LogP contribution in [0.4, 0.5) is 17.6 Å². The number of aromatic amines is 1. The minimum absolute atomic E-state index is 0.0425. The Morgan fingerprint density at radius 3 is 2.39 bits per heavy atom. The van der Waals surface area contributed by atoms with Gasteiger partial charge in [0.1, 0.15) is 5.82 Å². The molecule has 0 saturated carbocycles. The molecule has 2 N–H and O–H groups in total. The van der Waals surface area contributed by atoms with Gasteiger partial charge in [0.15, 0.2) is 5.69 Å². The number of nitrogens with one attached hydrogen (secondary N) is 2. The summed E-state index contributed by atoms with van der Waals surface area (Å²) in [6.07, 6.45) is -3.23. The fourth-order valence-corrected chi connectivity index (χ4v) is 3.72. The van der Waals surface area contributed by atoms with Crippen LogP contribution in [-0.2, 0) is 11.0 Å². The predicted molar refractivity (Wildman–Crippen MR) is 118 cm³/mol. The molecule has 3 amide bonds. The second-order valence-corrected chi connectivity index (χ2v) is 7.93. The SMILES string of the molecule is O=C(NCC(=O)N1CCN(C(=O)c2cc(F)ccc2C(F)(F)F)CC1)c1cc(-c2ccccn2)[nH]n1. The zero-order valence-electron chi connectivity index (χ0n) is 18.7. The molecule has 9 nitrogen and oxygen atoms in total. The Kier molecular flexibility index (Phi) is 6.99. The van der Waals surface area contributed by atoms with Gasteiger partial charge < -0.3 is 15.1 Å². The quantitative estimate of drug-likeness (QED) is 0.519. The molecule has 36 heavy (non-hydrogen) atoms. The Labute approximate surface area is 202 Å². The Hall–Kier alpha value is -4.29. The highest BCUT2D eigenvalue weighted by molar-refractivity contribution is 5.97. The number of carbonyl (C=O) groups is 3. The Bertz CT molecular complexity index is 1270. The summed E-state index contributed by atoms with van der Waals surface area (Å²) in [5.41, 5.74) is -0.819. The van der Waals surface area contributed by atoms with E-state index in [1.165, 1.54) is 11.0 Å². The summed E-state index contributed by atoms with van der Waals surface area (Å²) in [5, 5.41) is 9.09. The zero-order chi connectivity index (χ0) is 25.9. The largest absolute Gasteiger partial charge is 0.417 e. The molecule has 13 heteroatoms. The summed E-state index contributed by atoms with van der Waals surface area (Å²) >= 11 is 0. The van der Waals surface area contributed by atoms with Crippen molar-refractivity contribution in [2.75, 3.05) is 32.7 Å². The maximum atomic E-state index is 13.6. The molecule has 3 heterocycles. The molecule has 1 aromatic carbocycles. The number of benzene rings is 1. The topological polar surface area (TPSA) is 111 Å². The number of aromatic nitrogens is 3. The van der Waals surface area contributed by atoms with Crippen LogP contribution in [0.5, 0.6) is 0 Å². The molecular formula is C23H20F4N6O3. The first kappa shape index (κ1) is 24.8. The lowest BCUT2D eigenvalue weighted by molar-refractivity contribution is -0.138. The number of amides is 3. The Morgan fingerprint density at radius 2 is 1.72 bits per heavy atom. The number of piperazine rings is 1. The van der Waals surface area contributed by atoms with Crippen molar-refractivity contribution in [1.29, 1.82) is 0 Å². The first-order chi connectivity index (χ1) is 17.1. The van der Waals surface area contributed by atoms with Gasteiger partial charge in [0.25, 0.3) is 11.8 Å². The zero-order valence-corrected chi connectivity index (χ0v) is 18.7. The van der Waals surface area contributed by atoms with E-state index in [-0.39, 0.29) is 38.4 Å². The van der Waals surface area contributed by atoms with Crippen molar-refractivity contribution in [3.05, 3.63) is 71.3 Å². The molecular weight excluding hydrogens is 484 g/mol. The molecule has 188 valence electrons. The first-order valence-corrected chi connectivity index (χ1v) is 10.8. The van der Waals surface area contributed by atoms with E-state index < -0.39 is 40.8 Å². The first-order valence-electron chi connectivity index (χ1n) is 10.8. The van der Waals surface area contributed by atoms with Crippen molar-refractivity contribution in [2.24, 2.45) is 0 Å². The Balaban J connectivity index is 1.30. The van der Waals surface area contributed by atoms with E-state index in [0.717, 1.165) is 4.90 Å². The molecule has 4 rings (SSSR count). The summed E-state index contributed by atoms with van der Waals surface area (Å²) < 4.78 is 53.3. The van der Waals surface area contributed by atoms with Gasteiger partial charge in [-0.2, -0.15) is 18.3 Å². The van der Waals surface area contributed by atoms with Crippen LogP contribution >= 0.6 is 0 Å². The third-order valence-electron chi connectivity index (χ3n) is 5.59. The van der Waals surface area contributed by atoms with Crippen LogP contribution in [0.15, 0.2) is 48.7 Å². The molecule has 0 aliphatic carbocycles. The van der Waals surface area contributed by atoms with Crippen LogP contribution in [0.25, 0.3) is 11.4 Å². The number of pyridine rings is 1. The average molecular weight is 504 g/mol. The predicted octanol–water partition coefficient (Wildman–Crippen LogP) is 2.34. The van der Waals surface area contributed by atoms with Crippen molar-refractivity contribution in [2.45, 2.75) is 6.18 Å². The molecule has 0 unspecified atom stereocenters. The van der Waals surface area contributed by atoms with Crippen molar-refractivity contribution in [3.63, 3.8) is 0 Å². The molecule has 1 saturated heterocycles. The second kappa shape index (κ2) is 10.1. The third kappa shape index (κ3) is 5.50. The molecule has 3 aromatic rings. The van der Waals surface area contributed by atoms with Crippen molar-refractivity contribution in [3.8, 4) is 11.4 Å². The number of hydrogen-bond acceptors (Lipinski definition) is 5. The molecule has 1 aliphatic heterocycles. The van der Waals surface area contributed by atoms with Crippen molar-refractivity contribution in [1.82, 2.24) is 30.3 Å². The summed E-state index contributed by atoms with van der Waals surface area (Å²) in [6, 6.07) is 8.50. The standard InChI is InChI=1S/C23H20F4N6O3/c24-14-4-5-16(23(25,26)27)15(11-14)22(36)33-9-7-32(8-10-33)20(34)13-29-21(35)19-12-18(30-31-19)17-3-1-2-6-28-17/h1-6,11-12H,7-10,13H2,(H,29,35)(H,30,31). The second-order valence-electron chi connectivity index (χ2n) is 7.93. The molecule has 1 fully saturated rings. The van der Waals surface area contributed by atoms with Crippen molar-refractivity contribution >= 4 is 17.7 Å².